The summed E-state index contributed by atoms with van der Waals surface area (Å²) in [5, 5.41) is 1.29. The number of hydrogen-bond acceptors (Lipinski definition) is 2. The Balaban J connectivity index is 2.14. The minimum Gasteiger partial charge on any atom is -0.250 e. The third-order valence-corrected chi connectivity index (χ3v) is 3.75. The van der Waals surface area contributed by atoms with Crippen molar-refractivity contribution in [3.05, 3.63) is 59.0 Å². The van der Waals surface area contributed by atoms with Gasteiger partial charge in [0.25, 0.3) is 0 Å². The van der Waals surface area contributed by atoms with Crippen molar-refractivity contribution in [2.45, 2.75) is 17.2 Å². The Hall–Kier alpha value is -1.06. The van der Waals surface area contributed by atoms with Crippen molar-refractivity contribution in [2.24, 2.45) is 0 Å². The van der Waals surface area contributed by atoms with Gasteiger partial charge in [-0.05, 0) is 36.8 Å². The monoisotopic (exact) mass is 267 g/mol. The maximum absolute atomic E-state index is 13.0. The van der Waals surface area contributed by atoms with Crippen LogP contribution in [0.5, 0.6) is 0 Å². The van der Waals surface area contributed by atoms with Gasteiger partial charge in [-0.3, -0.25) is 0 Å². The number of pyridine rings is 1. The van der Waals surface area contributed by atoms with Crippen LogP contribution in [0, 0.1) is 5.82 Å². The lowest BCUT2D eigenvalue weighted by molar-refractivity contribution is 0.627. The first kappa shape index (κ1) is 12.4. The Morgan fingerprint density at radius 3 is 2.76 bits per heavy atom. The summed E-state index contributed by atoms with van der Waals surface area (Å²) in [5.41, 5.74) is 0.993. The van der Waals surface area contributed by atoms with Gasteiger partial charge in [0.1, 0.15) is 5.82 Å². The zero-order valence-corrected chi connectivity index (χ0v) is 10.8. The maximum Gasteiger partial charge on any atom is 0.141 e. The first-order valence-corrected chi connectivity index (χ1v) is 6.45. The van der Waals surface area contributed by atoms with Gasteiger partial charge in [0, 0.05) is 11.4 Å². The molecule has 0 N–H and O–H groups in total. The first-order valence-electron chi connectivity index (χ1n) is 5.19. The molecule has 0 unspecified atom stereocenters. The van der Waals surface area contributed by atoms with Gasteiger partial charge in [0.05, 0.1) is 10.0 Å². The fourth-order valence-corrected chi connectivity index (χ4v) is 2.54. The van der Waals surface area contributed by atoms with Gasteiger partial charge in [-0.1, -0.05) is 35.5 Å². The third-order valence-electron chi connectivity index (χ3n) is 2.35. The quantitative estimate of drug-likeness (QED) is 0.746. The second kappa shape index (κ2) is 5.52. The molecule has 1 atom stereocenters. The molecule has 2 aromatic rings. The molecule has 0 saturated carbocycles. The predicted molar refractivity (Wildman–Crippen MR) is 69.9 cm³/mol. The van der Waals surface area contributed by atoms with E-state index in [0.29, 0.717) is 0 Å². The van der Waals surface area contributed by atoms with Gasteiger partial charge in [-0.15, -0.1) is 0 Å². The van der Waals surface area contributed by atoms with Crippen LogP contribution in [-0.2, 0) is 0 Å². The SMILES string of the molecule is C[C@@H](Sc1ccccn1)c1ccc(F)c(Cl)c1. The summed E-state index contributed by atoms with van der Waals surface area (Å²) < 4.78 is 13.0. The molecule has 2 rings (SSSR count). The van der Waals surface area contributed by atoms with Crippen molar-refractivity contribution in [1.29, 1.82) is 0 Å². The lowest BCUT2D eigenvalue weighted by Gasteiger charge is -2.11. The van der Waals surface area contributed by atoms with Gasteiger partial charge in [-0.2, -0.15) is 0 Å². The minimum absolute atomic E-state index is 0.163. The van der Waals surface area contributed by atoms with Crippen molar-refractivity contribution in [3.63, 3.8) is 0 Å². The molecule has 88 valence electrons. The minimum atomic E-state index is -0.384. The summed E-state index contributed by atoms with van der Waals surface area (Å²) in [6, 6.07) is 10.6. The average molecular weight is 268 g/mol. The van der Waals surface area contributed by atoms with Crippen LogP contribution < -0.4 is 0 Å². The van der Waals surface area contributed by atoms with Crippen molar-refractivity contribution in [2.75, 3.05) is 0 Å². The number of aromatic nitrogens is 1. The van der Waals surface area contributed by atoms with Gasteiger partial charge >= 0.3 is 0 Å². The van der Waals surface area contributed by atoms with Gasteiger partial charge < -0.3 is 0 Å². The smallest absolute Gasteiger partial charge is 0.141 e. The fraction of sp³-hybridized carbons (Fsp3) is 0.154. The summed E-state index contributed by atoms with van der Waals surface area (Å²) in [7, 11) is 0. The van der Waals surface area contributed by atoms with Crippen molar-refractivity contribution in [1.82, 2.24) is 4.98 Å². The molecule has 1 aromatic heterocycles. The molecule has 0 aliphatic carbocycles. The average Bonchev–Trinajstić information content (AvgIpc) is 2.34. The van der Waals surface area contributed by atoms with E-state index in [2.05, 4.69) is 4.98 Å². The number of thioether (sulfide) groups is 1. The summed E-state index contributed by atoms with van der Waals surface area (Å²) >= 11 is 7.38. The Morgan fingerprint density at radius 1 is 1.29 bits per heavy atom. The van der Waals surface area contributed by atoms with Crippen LogP contribution in [0.3, 0.4) is 0 Å². The second-order valence-corrected chi connectivity index (χ2v) is 5.37. The zero-order valence-electron chi connectivity index (χ0n) is 9.23. The molecule has 0 saturated heterocycles. The number of halogens is 2. The summed E-state index contributed by atoms with van der Waals surface area (Å²) in [5.74, 6) is -0.384. The van der Waals surface area contributed by atoms with Crippen LogP contribution in [0.1, 0.15) is 17.7 Å². The molecule has 0 aliphatic rings. The Bertz CT molecular complexity index is 504. The third kappa shape index (κ3) is 3.20. The highest BCUT2D eigenvalue weighted by Crippen LogP contribution is 2.34. The highest BCUT2D eigenvalue weighted by Gasteiger charge is 2.10. The topological polar surface area (TPSA) is 12.9 Å². The summed E-state index contributed by atoms with van der Waals surface area (Å²) in [4.78, 5) is 4.24. The molecular formula is C13H11ClFNS. The Kier molecular flexibility index (Phi) is 4.02. The van der Waals surface area contributed by atoms with Gasteiger partial charge in [-0.25, -0.2) is 9.37 Å². The first-order chi connectivity index (χ1) is 8.16. The zero-order chi connectivity index (χ0) is 12.3. The van der Waals surface area contributed by atoms with Crippen molar-refractivity contribution < 1.29 is 4.39 Å². The molecule has 1 aromatic carbocycles. The Morgan fingerprint density at radius 2 is 2.12 bits per heavy atom. The second-order valence-electron chi connectivity index (χ2n) is 3.60. The predicted octanol–water partition coefficient (Wildman–Crippen LogP) is 4.73. The lowest BCUT2D eigenvalue weighted by atomic mass is 10.2. The molecule has 17 heavy (non-hydrogen) atoms. The molecule has 1 heterocycles. The molecule has 0 bridgehead atoms. The molecular weight excluding hydrogens is 257 g/mol. The van der Waals surface area contributed by atoms with E-state index < -0.39 is 0 Å². The van der Waals surface area contributed by atoms with E-state index in [4.69, 9.17) is 11.6 Å². The van der Waals surface area contributed by atoms with Crippen LogP contribution in [0.4, 0.5) is 4.39 Å². The normalized spacial score (nSPS) is 12.4. The van der Waals surface area contributed by atoms with E-state index in [0.717, 1.165) is 10.6 Å². The van der Waals surface area contributed by atoms with E-state index in [1.165, 1.54) is 6.07 Å². The number of benzene rings is 1. The molecule has 0 amide bonds. The number of rotatable bonds is 3. The van der Waals surface area contributed by atoms with Crippen LogP contribution in [-0.4, -0.2) is 4.98 Å². The van der Waals surface area contributed by atoms with E-state index in [-0.39, 0.29) is 16.1 Å². The van der Waals surface area contributed by atoms with Crippen LogP contribution in [0.15, 0.2) is 47.6 Å². The standard InChI is InChI=1S/C13H11ClFNS/c1-9(17-13-4-2-3-7-16-13)10-5-6-12(15)11(14)8-10/h2-9H,1H3/t9-/m1/s1. The van der Waals surface area contributed by atoms with Crippen molar-refractivity contribution >= 4 is 23.4 Å². The summed E-state index contributed by atoms with van der Waals surface area (Å²) in [6.45, 7) is 2.04. The van der Waals surface area contributed by atoms with E-state index in [9.17, 15) is 4.39 Å². The van der Waals surface area contributed by atoms with Crippen LogP contribution in [0.2, 0.25) is 5.02 Å². The van der Waals surface area contributed by atoms with Gasteiger partial charge in [0.2, 0.25) is 0 Å². The molecule has 1 nitrogen and oxygen atoms in total. The molecule has 0 radical (unpaired) electrons. The lowest BCUT2D eigenvalue weighted by Crippen LogP contribution is -1.90. The van der Waals surface area contributed by atoms with Crippen LogP contribution in [0.25, 0.3) is 0 Å². The van der Waals surface area contributed by atoms with Crippen LogP contribution >= 0.6 is 23.4 Å². The molecule has 0 fully saturated rings. The summed E-state index contributed by atoms with van der Waals surface area (Å²) in [6.07, 6.45) is 1.76. The highest BCUT2D eigenvalue weighted by atomic mass is 35.5. The highest BCUT2D eigenvalue weighted by molar-refractivity contribution is 7.99. The molecule has 0 aliphatic heterocycles. The number of hydrogen-bond donors (Lipinski definition) is 0. The molecule has 0 spiro atoms. The van der Waals surface area contributed by atoms with E-state index in [1.54, 1.807) is 30.1 Å². The van der Waals surface area contributed by atoms with E-state index in [1.807, 2.05) is 25.1 Å². The van der Waals surface area contributed by atoms with Gasteiger partial charge in [0.15, 0.2) is 0 Å². The van der Waals surface area contributed by atoms with E-state index >= 15 is 0 Å². The largest absolute Gasteiger partial charge is 0.250 e. The number of nitrogens with zero attached hydrogens (tertiary/aromatic N) is 1. The molecule has 4 heteroatoms. The maximum atomic E-state index is 13.0. The Labute approximate surface area is 109 Å². The van der Waals surface area contributed by atoms with Crippen molar-refractivity contribution in [3.8, 4) is 0 Å². The fourth-order valence-electron chi connectivity index (χ4n) is 1.43.